The van der Waals surface area contributed by atoms with Gasteiger partial charge in [0, 0.05) is 64.1 Å². The Morgan fingerprint density at radius 2 is 0.873 bits per heavy atom. The quantitative estimate of drug-likeness (QED) is 0.168. The number of hydrogen-bond acceptors (Lipinski definition) is 4. The van der Waals surface area contributed by atoms with Gasteiger partial charge >= 0.3 is 0 Å². The van der Waals surface area contributed by atoms with Crippen molar-refractivity contribution in [1.29, 1.82) is 0 Å². The molecule has 4 aromatic heterocycles. The minimum atomic E-state index is 0.644. The summed E-state index contributed by atoms with van der Waals surface area (Å²) in [6, 6.07) is 75.6. The van der Waals surface area contributed by atoms with Crippen LogP contribution in [0, 0.1) is 0 Å². The van der Waals surface area contributed by atoms with Crippen molar-refractivity contribution in [3.05, 3.63) is 212 Å². The highest BCUT2D eigenvalue weighted by molar-refractivity contribution is 7.26. The molecule has 0 unspecified atom stereocenters. The first kappa shape index (κ1) is 35.6. The fourth-order valence-electron chi connectivity index (χ4n) is 9.64. The van der Waals surface area contributed by atoms with E-state index in [1.807, 2.05) is 36.4 Å². The lowest BCUT2D eigenvalue weighted by Crippen LogP contribution is -2.02. The molecule has 0 N–H and O–H groups in total. The first-order valence-electron chi connectivity index (χ1n) is 21.2. The van der Waals surface area contributed by atoms with E-state index in [2.05, 4.69) is 185 Å². The average molecular weight is 822 g/mol. The fraction of sp³-hybridized carbons (Fsp3) is 0. The lowest BCUT2D eigenvalue weighted by Gasteiger charge is -2.16. The van der Waals surface area contributed by atoms with Crippen LogP contribution in [0.4, 0.5) is 0 Å². The molecule has 0 aliphatic rings. The second-order valence-corrected chi connectivity index (χ2v) is 17.0. The van der Waals surface area contributed by atoms with Gasteiger partial charge in [0.15, 0.2) is 17.5 Å². The molecule has 9 aromatic carbocycles. The zero-order valence-corrected chi connectivity index (χ0v) is 34.7. The molecule has 0 saturated heterocycles. The summed E-state index contributed by atoms with van der Waals surface area (Å²) in [5, 5.41) is 7.21. The van der Waals surface area contributed by atoms with Gasteiger partial charge in [0.25, 0.3) is 0 Å². The third-order valence-electron chi connectivity index (χ3n) is 12.4. The number of nitrogens with zero attached hydrogens (tertiary/aromatic N) is 5. The van der Waals surface area contributed by atoms with Gasteiger partial charge < -0.3 is 9.13 Å². The van der Waals surface area contributed by atoms with E-state index in [9.17, 15) is 0 Å². The Kier molecular flexibility index (Phi) is 8.01. The minimum Gasteiger partial charge on any atom is -0.307 e. The Bertz CT molecular complexity index is 3830. The van der Waals surface area contributed by atoms with Crippen LogP contribution in [0.25, 0.3) is 120 Å². The van der Waals surface area contributed by atoms with E-state index in [0.29, 0.717) is 17.5 Å². The molecule has 0 aliphatic carbocycles. The molecule has 0 aliphatic heterocycles. The van der Waals surface area contributed by atoms with Crippen LogP contribution in [0.15, 0.2) is 212 Å². The van der Waals surface area contributed by atoms with Gasteiger partial charge in [-0.3, -0.25) is 0 Å². The normalized spacial score (nSPS) is 11.8. The first-order chi connectivity index (χ1) is 31.3. The monoisotopic (exact) mass is 821 g/mol. The lowest BCUT2D eigenvalue weighted by atomic mass is 9.96. The molecule has 0 spiro atoms. The van der Waals surface area contributed by atoms with Gasteiger partial charge in [0.1, 0.15) is 0 Å². The maximum Gasteiger partial charge on any atom is 0.165 e. The third kappa shape index (κ3) is 5.52. The maximum atomic E-state index is 5.24. The Labute approximate surface area is 366 Å². The molecule has 0 amide bonds. The Morgan fingerprint density at radius 1 is 0.349 bits per heavy atom. The van der Waals surface area contributed by atoms with Crippen molar-refractivity contribution in [2.45, 2.75) is 0 Å². The molecule has 0 fully saturated rings. The van der Waals surface area contributed by atoms with Crippen LogP contribution in [0.1, 0.15) is 0 Å². The molecule has 6 heteroatoms. The van der Waals surface area contributed by atoms with Gasteiger partial charge in [0.2, 0.25) is 0 Å². The van der Waals surface area contributed by atoms with E-state index in [1.54, 1.807) is 11.3 Å². The summed E-state index contributed by atoms with van der Waals surface area (Å²) in [6.45, 7) is 0. The van der Waals surface area contributed by atoms with Gasteiger partial charge in [-0.15, -0.1) is 11.3 Å². The second-order valence-electron chi connectivity index (χ2n) is 15.9. The topological polar surface area (TPSA) is 48.5 Å². The van der Waals surface area contributed by atoms with Crippen molar-refractivity contribution in [2.75, 3.05) is 0 Å². The molecule has 0 atom stereocenters. The fourth-order valence-corrected chi connectivity index (χ4v) is 10.9. The Hall–Kier alpha value is -8.19. The predicted octanol–water partition coefficient (Wildman–Crippen LogP) is 15.1. The van der Waals surface area contributed by atoms with E-state index in [4.69, 9.17) is 15.0 Å². The molecular formula is C57H35N5S. The summed E-state index contributed by atoms with van der Waals surface area (Å²) in [5.41, 5.74) is 12.1. The van der Waals surface area contributed by atoms with E-state index in [0.717, 1.165) is 43.8 Å². The minimum absolute atomic E-state index is 0.644. The Balaban J connectivity index is 1.19. The zero-order chi connectivity index (χ0) is 41.4. The van der Waals surface area contributed by atoms with Crippen LogP contribution in [0.5, 0.6) is 0 Å². The third-order valence-corrected chi connectivity index (χ3v) is 13.6. The smallest absolute Gasteiger partial charge is 0.165 e. The standard InChI is InChI=1S/C57H35N5S/c1-5-19-36(20-6-1)44-35-45-40-27-13-16-30-46(40)62(52(45)53-50(44)41-28-14-17-31-47(41)61(53)39-25-11-4-12-26-39)48-34-33-43(54-51(48)42-29-15-18-32-49(42)63-54)57-59-55(37-21-7-2-8-22-37)58-56(60-57)38-23-9-3-10-24-38/h1-35H. The van der Waals surface area contributed by atoms with Gasteiger partial charge in [0.05, 0.1) is 27.8 Å². The molecule has 294 valence electrons. The molecule has 0 saturated carbocycles. The summed E-state index contributed by atoms with van der Waals surface area (Å²) < 4.78 is 7.35. The summed E-state index contributed by atoms with van der Waals surface area (Å²) in [5.74, 6) is 1.93. The van der Waals surface area contributed by atoms with Gasteiger partial charge in [-0.25, -0.2) is 15.0 Å². The van der Waals surface area contributed by atoms with Crippen LogP contribution in [0.2, 0.25) is 0 Å². The molecule has 5 nitrogen and oxygen atoms in total. The predicted molar refractivity (Wildman–Crippen MR) is 263 cm³/mol. The summed E-state index contributed by atoms with van der Waals surface area (Å²) in [4.78, 5) is 15.5. The molecule has 0 bridgehead atoms. The van der Waals surface area contributed by atoms with E-state index < -0.39 is 0 Å². The highest BCUT2D eigenvalue weighted by Crippen LogP contribution is 2.49. The van der Waals surface area contributed by atoms with E-state index >= 15 is 0 Å². The molecular weight excluding hydrogens is 787 g/mol. The molecule has 63 heavy (non-hydrogen) atoms. The molecule has 0 radical (unpaired) electrons. The number of fused-ring (bicyclic) bond motifs is 10. The molecule has 13 rings (SSSR count). The highest BCUT2D eigenvalue weighted by atomic mass is 32.1. The number of thiophene rings is 1. The van der Waals surface area contributed by atoms with E-state index in [1.165, 1.54) is 59.2 Å². The van der Waals surface area contributed by atoms with Gasteiger partial charge in [-0.2, -0.15) is 0 Å². The summed E-state index contributed by atoms with van der Waals surface area (Å²) in [7, 11) is 0. The lowest BCUT2D eigenvalue weighted by molar-refractivity contribution is 1.08. The van der Waals surface area contributed by atoms with Crippen molar-refractivity contribution in [1.82, 2.24) is 24.1 Å². The van der Waals surface area contributed by atoms with Crippen LogP contribution in [-0.4, -0.2) is 24.1 Å². The number of rotatable bonds is 6. The highest BCUT2D eigenvalue weighted by Gasteiger charge is 2.27. The largest absolute Gasteiger partial charge is 0.307 e. The van der Waals surface area contributed by atoms with Crippen molar-refractivity contribution in [3.8, 4) is 56.7 Å². The second kappa shape index (κ2) is 14.2. The summed E-state index contributed by atoms with van der Waals surface area (Å²) >= 11 is 1.80. The summed E-state index contributed by atoms with van der Waals surface area (Å²) in [6.07, 6.45) is 0. The Morgan fingerprint density at radius 3 is 1.54 bits per heavy atom. The molecule has 4 heterocycles. The van der Waals surface area contributed by atoms with E-state index in [-0.39, 0.29) is 0 Å². The zero-order valence-electron chi connectivity index (χ0n) is 33.9. The first-order valence-corrected chi connectivity index (χ1v) is 22.0. The van der Waals surface area contributed by atoms with Crippen molar-refractivity contribution in [3.63, 3.8) is 0 Å². The van der Waals surface area contributed by atoms with Crippen molar-refractivity contribution >= 4 is 75.1 Å². The van der Waals surface area contributed by atoms with Crippen LogP contribution in [0.3, 0.4) is 0 Å². The van der Waals surface area contributed by atoms with Gasteiger partial charge in [-0.1, -0.05) is 164 Å². The van der Waals surface area contributed by atoms with Crippen molar-refractivity contribution < 1.29 is 0 Å². The van der Waals surface area contributed by atoms with Crippen LogP contribution in [-0.2, 0) is 0 Å². The number of aromatic nitrogens is 5. The van der Waals surface area contributed by atoms with Gasteiger partial charge in [-0.05, 0) is 59.7 Å². The van der Waals surface area contributed by atoms with Crippen LogP contribution < -0.4 is 0 Å². The number of hydrogen-bond donors (Lipinski definition) is 0. The van der Waals surface area contributed by atoms with Crippen LogP contribution >= 0.6 is 11.3 Å². The molecule has 13 aromatic rings. The maximum absolute atomic E-state index is 5.24. The SMILES string of the molecule is c1ccc(-c2nc(-c3ccccc3)nc(-c3ccc(-n4c5ccccc5c5cc(-c6ccccc6)c6c7ccccc7n(-c7ccccc7)c6c54)c4c3sc3ccccc34)n2)cc1. The number of benzene rings is 9. The average Bonchev–Trinajstić information content (AvgIpc) is 4.03. The number of para-hydroxylation sites is 3. The van der Waals surface area contributed by atoms with Crippen molar-refractivity contribution in [2.24, 2.45) is 0 Å².